The number of benzene rings is 1. The lowest BCUT2D eigenvalue weighted by molar-refractivity contribution is 0.547. The van der Waals surface area contributed by atoms with Gasteiger partial charge in [0, 0.05) is 16.1 Å². The first-order valence-corrected chi connectivity index (χ1v) is 5.65. The van der Waals surface area contributed by atoms with Crippen molar-refractivity contribution in [2.75, 3.05) is 0 Å². The van der Waals surface area contributed by atoms with Crippen molar-refractivity contribution >= 4 is 15.9 Å². The van der Waals surface area contributed by atoms with Crippen molar-refractivity contribution in [1.29, 1.82) is 0 Å². The highest BCUT2D eigenvalue weighted by Crippen LogP contribution is 2.23. The Morgan fingerprint density at radius 1 is 1.50 bits per heavy atom. The molecule has 0 aliphatic heterocycles. The molecule has 0 bridgehead atoms. The van der Waals surface area contributed by atoms with Crippen LogP contribution in [0.4, 0.5) is 4.39 Å². The second-order valence-corrected chi connectivity index (χ2v) is 4.33. The highest BCUT2D eigenvalue weighted by Gasteiger charge is 2.10. The molecule has 1 aromatic carbocycles. The van der Waals surface area contributed by atoms with E-state index in [4.69, 9.17) is 5.73 Å². The van der Waals surface area contributed by atoms with Gasteiger partial charge in [-0.15, -0.1) is 0 Å². The lowest BCUT2D eigenvalue weighted by Gasteiger charge is -2.12. The molecule has 1 nitrogen and oxygen atoms in total. The van der Waals surface area contributed by atoms with Gasteiger partial charge in [0.15, 0.2) is 0 Å². The van der Waals surface area contributed by atoms with Crippen LogP contribution in [0.5, 0.6) is 0 Å². The molecule has 78 valence electrons. The molecule has 0 heterocycles. The van der Waals surface area contributed by atoms with Crippen LogP contribution >= 0.6 is 15.9 Å². The van der Waals surface area contributed by atoms with E-state index in [2.05, 4.69) is 22.9 Å². The highest BCUT2D eigenvalue weighted by molar-refractivity contribution is 9.10. The van der Waals surface area contributed by atoms with Gasteiger partial charge in [0.05, 0.1) is 0 Å². The molecule has 1 rings (SSSR count). The minimum absolute atomic E-state index is 0.188. The maximum atomic E-state index is 13.3. The number of nitrogens with two attached hydrogens (primary N) is 1. The third-order valence-electron chi connectivity index (χ3n) is 2.23. The second-order valence-electron chi connectivity index (χ2n) is 3.41. The van der Waals surface area contributed by atoms with Crippen molar-refractivity contribution in [2.24, 2.45) is 5.73 Å². The Bertz CT molecular complexity index is 301. The summed E-state index contributed by atoms with van der Waals surface area (Å²) in [6.07, 6.45) is 2.96. The molecule has 3 heteroatoms. The average Bonchev–Trinajstić information content (AvgIpc) is 2.18. The molecule has 0 aliphatic rings. The van der Waals surface area contributed by atoms with Crippen LogP contribution in [0, 0.1) is 5.82 Å². The van der Waals surface area contributed by atoms with Crippen molar-refractivity contribution in [2.45, 2.75) is 32.2 Å². The molecule has 1 atom stereocenters. The molecule has 14 heavy (non-hydrogen) atoms. The molecule has 0 aromatic heterocycles. The van der Waals surface area contributed by atoms with Crippen LogP contribution in [0.15, 0.2) is 22.7 Å². The third-order valence-corrected chi connectivity index (χ3v) is 2.72. The first kappa shape index (κ1) is 11.7. The van der Waals surface area contributed by atoms with E-state index in [-0.39, 0.29) is 11.9 Å². The molecule has 0 aliphatic carbocycles. The Hall–Kier alpha value is -0.410. The van der Waals surface area contributed by atoms with Crippen LogP contribution in [0.3, 0.4) is 0 Å². The summed E-state index contributed by atoms with van der Waals surface area (Å²) in [6.45, 7) is 2.10. The van der Waals surface area contributed by atoms with Crippen molar-refractivity contribution in [3.05, 3.63) is 34.1 Å². The Morgan fingerprint density at radius 2 is 2.21 bits per heavy atom. The van der Waals surface area contributed by atoms with Crippen molar-refractivity contribution in [3.8, 4) is 0 Å². The van der Waals surface area contributed by atoms with Gasteiger partial charge in [-0.2, -0.15) is 0 Å². The Morgan fingerprint density at radius 3 is 2.86 bits per heavy atom. The first-order chi connectivity index (χ1) is 6.65. The maximum Gasteiger partial charge on any atom is 0.128 e. The minimum atomic E-state index is -0.211. The summed E-state index contributed by atoms with van der Waals surface area (Å²) in [7, 11) is 0. The van der Waals surface area contributed by atoms with E-state index in [1.54, 1.807) is 12.1 Å². The lowest BCUT2D eigenvalue weighted by atomic mass is 10.0. The van der Waals surface area contributed by atoms with Crippen LogP contribution < -0.4 is 5.73 Å². The summed E-state index contributed by atoms with van der Waals surface area (Å²) in [4.78, 5) is 0. The molecule has 0 saturated carbocycles. The van der Waals surface area contributed by atoms with Gasteiger partial charge >= 0.3 is 0 Å². The summed E-state index contributed by atoms with van der Waals surface area (Å²) in [5, 5.41) is 0. The summed E-state index contributed by atoms with van der Waals surface area (Å²) in [6, 6.07) is 4.71. The van der Waals surface area contributed by atoms with Gasteiger partial charge in [-0.1, -0.05) is 35.7 Å². The summed E-state index contributed by atoms with van der Waals surface area (Å²) in [5.41, 5.74) is 6.49. The van der Waals surface area contributed by atoms with E-state index < -0.39 is 0 Å². The first-order valence-electron chi connectivity index (χ1n) is 4.85. The third kappa shape index (κ3) is 3.07. The second kappa shape index (κ2) is 5.47. The van der Waals surface area contributed by atoms with E-state index in [0.717, 1.165) is 23.7 Å². The zero-order valence-electron chi connectivity index (χ0n) is 8.26. The van der Waals surface area contributed by atoms with Crippen LogP contribution in [-0.2, 0) is 0 Å². The average molecular weight is 260 g/mol. The molecule has 0 amide bonds. The van der Waals surface area contributed by atoms with E-state index in [0.29, 0.717) is 5.56 Å². The quantitative estimate of drug-likeness (QED) is 0.875. The van der Waals surface area contributed by atoms with Crippen molar-refractivity contribution in [3.63, 3.8) is 0 Å². The van der Waals surface area contributed by atoms with Crippen LogP contribution in [-0.4, -0.2) is 0 Å². The van der Waals surface area contributed by atoms with Gasteiger partial charge in [0.2, 0.25) is 0 Å². The summed E-state index contributed by atoms with van der Waals surface area (Å²) >= 11 is 3.31. The lowest BCUT2D eigenvalue weighted by Crippen LogP contribution is -2.11. The van der Waals surface area contributed by atoms with Gasteiger partial charge in [-0.05, 0) is 24.6 Å². The molecule has 0 radical (unpaired) electrons. The van der Waals surface area contributed by atoms with Gasteiger partial charge < -0.3 is 5.73 Å². The topological polar surface area (TPSA) is 26.0 Å². The monoisotopic (exact) mass is 259 g/mol. The summed E-state index contributed by atoms with van der Waals surface area (Å²) in [5.74, 6) is -0.211. The largest absolute Gasteiger partial charge is 0.324 e. The highest BCUT2D eigenvalue weighted by atomic mass is 79.9. The Kier molecular flexibility index (Phi) is 4.55. The fraction of sp³-hybridized carbons (Fsp3) is 0.455. The van der Waals surface area contributed by atoms with Crippen molar-refractivity contribution in [1.82, 2.24) is 0 Å². The Balaban J connectivity index is 2.77. The van der Waals surface area contributed by atoms with Crippen LogP contribution in [0.25, 0.3) is 0 Å². The molecule has 2 N–H and O–H groups in total. The number of hydrogen-bond donors (Lipinski definition) is 1. The zero-order valence-corrected chi connectivity index (χ0v) is 9.85. The fourth-order valence-electron chi connectivity index (χ4n) is 1.38. The predicted octanol–water partition coefficient (Wildman–Crippen LogP) is 3.78. The molecule has 0 saturated heterocycles. The molecule has 0 fully saturated rings. The van der Waals surface area contributed by atoms with E-state index in [1.807, 2.05) is 0 Å². The molecular weight excluding hydrogens is 245 g/mol. The number of halogens is 2. The van der Waals surface area contributed by atoms with Gasteiger partial charge in [0.25, 0.3) is 0 Å². The standard InChI is InChI=1S/C11H15BrFN/c1-2-3-4-11(14)9-7-8(12)5-6-10(9)13/h5-7,11H,2-4,14H2,1H3/t11-/m1/s1. The normalized spacial score (nSPS) is 12.9. The van der Waals surface area contributed by atoms with E-state index in [1.165, 1.54) is 6.07 Å². The number of hydrogen-bond acceptors (Lipinski definition) is 1. The SMILES string of the molecule is CCCC[C@@H](N)c1cc(Br)ccc1F. The minimum Gasteiger partial charge on any atom is -0.324 e. The molecule has 0 unspecified atom stereocenters. The number of unbranched alkanes of at least 4 members (excludes halogenated alkanes) is 1. The maximum absolute atomic E-state index is 13.3. The Labute approximate surface area is 92.6 Å². The smallest absolute Gasteiger partial charge is 0.128 e. The summed E-state index contributed by atoms with van der Waals surface area (Å²) < 4.78 is 14.2. The van der Waals surface area contributed by atoms with Crippen LogP contribution in [0.1, 0.15) is 37.8 Å². The van der Waals surface area contributed by atoms with Gasteiger partial charge in [-0.3, -0.25) is 0 Å². The van der Waals surface area contributed by atoms with Crippen molar-refractivity contribution < 1.29 is 4.39 Å². The van der Waals surface area contributed by atoms with Gasteiger partial charge in [-0.25, -0.2) is 4.39 Å². The van der Waals surface area contributed by atoms with E-state index in [9.17, 15) is 4.39 Å². The predicted molar refractivity (Wildman–Crippen MR) is 60.6 cm³/mol. The fourth-order valence-corrected chi connectivity index (χ4v) is 1.76. The number of rotatable bonds is 4. The molecule has 1 aromatic rings. The van der Waals surface area contributed by atoms with Gasteiger partial charge in [0.1, 0.15) is 5.82 Å². The molecule has 0 spiro atoms. The van der Waals surface area contributed by atoms with Crippen LogP contribution in [0.2, 0.25) is 0 Å². The molecular formula is C11H15BrFN. The zero-order chi connectivity index (χ0) is 10.6. The van der Waals surface area contributed by atoms with E-state index >= 15 is 0 Å².